The quantitative estimate of drug-likeness (QED) is 0.797. The number of hydrogen-bond acceptors (Lipinski definition) is 4. The van der Waals surface area contributed by atoms with Gasteiger partial charge < -0.3 is 5.32 Å². The molecule has 0 spiro atoms. The average Bonchev–Trinajstić information content (AvgIpc) is 2.66. The molecule has 1 aromatic heterocycles. The summed E-state index contributed by atoms with van der Waals surface area (Å²) in [6, 6.07) is 0.495. The summed E-state index contributed by atoms with van der Waals surface area (Å²) in [5.74, 6) is 2.24. The molecule has 2 rings (SSSR count). The van der Waals surface area contributed by atoms with Crippen molar-refractivity contribution >= 4 is 17.5 Å². The average molecular weight is 230 g/mol. The Labute approximate surface area is 94.2 Å². The number of aromatic nitrogens is 4. The molecule has 1 saturated carbocycles. The maximum absolute atomic E-state index is 5.84. The molecule has 1 aliphatic carbocycles. The number of nitrogens with zero attached hydrogens (tertiary/aromatic N) is 4. The maximum Gasteiger partial charge on any atom is 0.242 e. The van der Waals surface area contributed by atoms with Gasteiger partial charge in [0.05, 0.1) is 0 Å². The SMILES string of the molecule is Cn1nnnc1NC1CCC(CCl)CC1. The number of halogens is 1. The van der Waals surface area contributed by atoms with Crippen molar-refractivity contribution in [3.05, 3.63) is 0 Å². The normalized spacial score (nSPS) is 26.5. The number of rotatable bonds is 3. The van der Waals surface area contributed by atoms with Crippen LogP contribution in [0.2, 0.25) is 0 Å². The summed E-state index contributed by atoms with van der Waals surface area (Å²) >= 11 is 5.84. The Morgan fingerprint density at radius 3 is 2.67 bits per heavy atom. The first-order valence-corrected chi connectivity index (χ1v) is 5.88. The lowest BCUT2D eigenvalue weighted by Crippen LogP contribution is -2.27. The van der Waals surface area contributed by atoms with Gasteiger partial charge in [-0.3, -0.25) is 0 Å². The fourth-order valence-electron chi connectivity index (χ4n) is 2.00. The monoisotopic (exact) mass is 229 g/mol. The summed E-state index contributed by atoms with van der Waals surface area (Å²) in [7, 11) is 1.84. The third-order valence-electron chi connectivity index (χ3n) is 3.02. The summed E-state index contributed by atoms with van der Waals surface area (Å²) in [5.41, 5.74) is 0. The van der Waals surface area contributed by atoms with Crippen LogP contribution < -0.4 is 5.32 Å². The molecule has 0 aliphatic heterocycles. The molecule has 15 heavy (non-hydrogen) atoms. The van der Waals surface area contributed by atoms with Crippen LogP contribution in [0.25, 0.3) is 0 Å². The fraction of sp³-hybridized carbons (Fsp3) is 0.889. The molecule has 1 N–H and O–H groups in total. The first-order valence-electron chi connectivity index (χ1n) is 5.34. The van der Waals surface area contributed by atoms with E-state index in [0.29, 0.717) is 12.0 Å². The summed E-state index contributed by atoms with van der Waals surface area (Å²) in [6.45, 7) is 0. The number of alkyl halides is 1. The molecule has 0 atom stereocenters. The number of hydrogen-bond donors (Lipinski definition) is 1. The van der Waals surface area contributed by atoms with E-state index < -0.39 is 0 Å². The Morgan fingerprint density at radius 2 is 2.13 bits per heavy atom. The highest BCUT2D eigenvalue weighted by Crippen LogP contribution is 2.26. The molecule has 0 radical (unpaired) electrons. The van der Waals surface area contributed by atoms with Gasteiger partial charge in [0.1, 0.15) is 0 Å². The van der Waals surface area contributed by atoms with Gasteiger partial charge in [-0.2, -0.15) is 0 Å². The van der Waals surface area contributed by atoms with Crippen LogP contribution in [-0.2, 0) is 7.05 Å². The first kappa shape index (κ1) is 10.7. The summed E-state index contributed by atoms with van der Waals surface area (Å²) < 4.78 is 1.66. The number of nitrogens with one attached hydrogen (secondary N) is 1. The van der Waals surface area contributed by atoms with E-state index in [2.05, 4.69) is 20.8 Å². The van der Waals surface area contributed by atoms with E-state index in [1.807, 2.05) is 7.05 Å². The minimum absolute atomic E-state index is 0.495. The molecule has 1 aromatic rings. The van der Waals surface area contributed by atoms with Crippen molar-refractivity contribution in [2.24, 2.45) is 13.0 Å². The summed E-state index contributed by atoms with van der Waals surface area (Å²) in [5, 5.41) is 14.7. The van der Waals surface area contributed by atoms with Gasteiger partial charge in [0, 0.05) is 19.0 Å². The van der Waals surface area contributed by atoms with Gasteiger partial charge in [0.25, 0.3) is 0 Å². The summed E-state index contributed by atoms with van der Waals surface area (Å²) in [6.07, 6.45) is 4.72. The minimum Gasteiger partial charge on any atom is -0.350 e. The van der Waals surface area contributed by atoms with Crippen LogP contribution in [-0.4, -0.2) is 32.1 Å². The first-order chi connectivity index (χ1) is 7.29. The van der Waals surface area contributed by atoms with Crippen LogP contribution >= 0.6 is 11.6 Å². The van der Waals surface area contributed by atoms with Gasteiger partial charge in [-0.15, -0.1) is 11.6 Å². The van der Waals surface area contributed by atoms with Crippen molar-refractivity contribution < 1.29 is 0 Å². The Hall–Kier alpha value is -0.840. The standard InChI is InChI=1S/C9H16ClN5/c1-15-9(12-13-14-15)11-8-4-2-7(6-10)3-5-8/h7-8H,2-6H2,1H3,(H,11,12,14). The lowest BCUT2D eigenvalue weighted by atomic mass is 9.87. The predicted molar refractivity (Wildman–Crippen MR) is 58.9 cm³/mol. The van der Waals surface area contributed by atoms with E-state index in [0.717, 1.165) is 24.7 Å². The zero-order chi connectivity index (χ0) is 10.7. The predicted octanol–water partition coefficient (Wildman–Crippen LogP) is 1.42. The maximum atomic E-state index is 5.84. The van der Waals surface area contributed by atoms with Gasteiger partial charge in [-0.1, -0.05) is 5.10 Å². The highest BCUT2D eigenvalue weighted by molar-refractivity contribution is 6.18. The van der Waals surface area contributed by atoms with Gasteiger partial charge in [0.2, 0.25) is 5.95 Å². The molecule has 0 saturated heterocycles. The minimum atomic E-state index is 0.495. The second kappa shape index (κ2) is 4.79. The molecular weight excluding hydrogens is 214 g/mol. The highest BCUT2D eigenvalue weighted by Gasteiger charge is 2.21. The van der Waals surface area contributed by atoms with Crippen molar-refractivity contribution in [2.45, 2.75) is 31.7 Å². The Balaban J connectivity index is 1.85. The second-order valence-corrected chi connectivity index (χ2v) is 4.45. The van der Waals surface area contributed by atoms with Crippen LogP contribution in [0.4, 0.5) is 5.95 Å². The molecule has 1 aliphatic rings. The number of anilines is 1. The molecule has 0 unspecified atom stereocenters. The highest BCUT2D eigenvalue weighted by atomic mass is 35.5. The molecule has 0 amide bonds. The fourth-order valence-corrected chi connectivity index (χ4v) is 2.30. The molecule has 6 heteroatoms. The molecular formula is C9H16ClN5. The topological polar surface area (TPSA) is 55.6 Å². The van der Waals surface area contributed by atoms with Crippen molar-refractivity contribution in [2.75, 3.05) is 11.2 Å². The van der Waals surface area contributed by atoms with Crippen molar-refractivity contribution in [1.29, 1.82) is 0 Å². The lowest BCUT2D eigenvalue weighted by Gasteiger charge is -2.27. The van der Waals surface area contributed by atoms with Crippen LogP contribution in [0.1, 0.15) is 25.7 Å². The van der Waals surface area contributed by atoms with Crippen LogP contribution in [0.3, 0.4) is 0 Å². The zero-order valence-corrected chi connectivity index (χ0v) is 9.61. The van der Waals surface area contributed by atoms with Crippen LogP contribution in [0.15, 0.2) is 0 Å². The van der Waals surface area contributed by atoms with E-state index in [-0.39, 0.29) is 0 Å². The summed E-state index contributed by atoms with van der Waals surface area (Å²) in [4.78, 5) is 0. The molecule has 5 nitrogen and oxygen atoms in total. The zero-order valence-electron chi connectivity index (χ0n) is 8.86. The van der Waals surface area contributed by atoms with Gasteiger partial charge in [-0.05, 0) is 42.0 Å². The van der Waals surface area contributed by atoms with E-state index in [4.69, 9.17) is 11.6 Å². The second-order valence-electron chi connectivity index (χ2n) is 4.14. The molecule has 84 valence electrons. The smallest absolute Gasteiger partial charge is 0.242 e. The Bertz CT molecular complexity index is 305. The van der Waals surface area contributed by atoms with Gasteiger partial charge in [-0.25, -0.2) is 4.68 Å². The van der Waals surface area contributed by atoms with Crippen molar-refractivity contribution in [3.63, 3.8) is 0 Å². The van der Waals surface area contributed by atoms with Crippen molar-refractivity contribution in [3.8, 4) is 0 Å². The molecule has 1 fully saturated rings. The van der Waals surface area contributed by atoms with E-state index in [1.54, 1.807) is 4.68 Å². The van der Waals surface area contributed by atoms with E-state index in [1.165, 1.54) is 12.8 Å². The lowest BCUT2D eigenvalue weighted by molar-refractivity contribution is 0.363. The number of aryl methyl sites for hydroxylation is 1. The molecule has 0 bridgehead atoms. The van der Waals surface area contributed by atoms with E-state index in [9.17, 15) is 0 Å². The van der Waals surface area contributed by atoms with E-state index >= 15 is 0 Å². The third-order valence-corrected chi connectivity index (χ3v) is 3.45. The van der Waals surface area contributed by atoms with Gasteiger partial charge in [0.15, 0.2) is 0 Å². The third kappa shape index (κ3) is 2.59. The Morgan fingerprint density at radius 1 is 1.40 bits per heavy atom. The van der Waals surface area contributed by atoms with Crippen LogP contribution in [0, 0.1) is 5.92 Å². The molecule has 0 aromatic carbocycles. The largest absolute Gasteiger partial charge is 0.350 e. The Kier molecular flexibility index (Phi) is 3.41. The van der Waals surface area contributed by atoms with Crippen molar-refractivity contribution in [1.82, 2.24) is 20.2 Å². The number of tetrazole rings is 1. The molecule has 1 heterocycles. The van der Waals surface area contributed by atoms with Crippen LogP contribution in [0.5, 0.6) is 0 Å². The van der Waals surface area contributed by atoms with Gasteiger partial charge >= 0.3 is 0 Å².